The molecule has 1 atom stereocenters. The number of carbonyl (C=O) groups is 2. The number of carbonyl (C=O) groups excluding carboxylic acids is 2. The van der Waals surface area contributed by atoms with Crippen molar-refractivity contribution in [3.8, 4) is 0 Å². The molecule has 4 nitrogen and oxygen atoms in total. The molecule has 0 aliphatic carbocycles. The van der Waals surface area contributed by atoms with Crippen molar-refractivity contribution in [2.45, 2.75) is 18.9 Å². The van der Waals surface area contributed by atoms with Gasteiger partial charge < -0.3 is 5.32 Å². The molecule has 1 aliphatic rings. The predicted octanol–water partition coefficient (Wildman–Crippen LogP) is 2.94. The van der Waals surface area contributed by atoms with Crippen LogP contribution in [0.15, 0.2) is 48.5 Å². The number of anilines is 1. The maximum atomic E-state index is 13.6. The lowest BCUT2D eigenvalue weighted by molar-refractivity contribution is -0.121. The summed E-state index contributed by atoms with van der Waals surface area (Å²) in [7, 11) is 0. The number of amides is 2. The molecule has 2 aromatic carbocycles. The van der Waals surface area contributed by atoms with E-state index in [1.807, 2.05) is 0 Å². The van der Waals surface area contributed by atoms with Gasteiger partial charge in [0.2, 0.25) is 5.91 Å². The largest absolute Gasteiger partial charge is 0.305 e. The van der Waals surface area contributed by atoms with Crippen LogP contribution < -0.4 is 10.2 Å². The SMILES string of the molecule is O=C1C[C@H](NCCc2ccccc2F)C(=O)N1c1ccc(Cl)cc1. The van der Waals surface area contributed by atoms with Crippen LogP contribution >= 0.6 is 11.6 Å². The van der Waals surface area contributed by atoms with E-state index in [1.165, 1.54) is 6.07 Å². The Morgan fingerprint density at radius 2 is 1.83 bits per heavy atom. The second-order valence-corrected chi connectivity index (χ2v) is 6.03. The smallest absolute Gasteiger partial charge is 0.251 e. The first-order valence-electron chi connectivity index (χ1n) is 7.65. The summed E-state index contributed by atoms with van der Waals surface area (Å²) >= 11 is 5.83. The summed E-state index contributed by atoms with van der Waals surface area (Å²) in [6, 6.07) is 12.5. The van der Waals surface area contributed by atoms with Crippen molar-refractivity contribution < 1.29 is 14.0 Å². The maximum absolute atomic E-state index is 13.6. The van der Waals surface area contributed by atoms with E-state index in [4.69, 9.17) is 11.6 Å². The van der Waals surface area contributed by atoms with Crippen LogP contribution in [-0.4, -0.2) is 24.4 Å². The third-order valence-corrected chi connectivity index (χ3v) is 4.23. The first-order chi connectivity index (χ1) is 11.6. The van der Waals surface area contributed by atoms with E-state index in [9.17, 15) is 14.0 Å². The lowest BCUT2D eigenvalue weighted by atomic mass is 10.1. The van der Waals surface area contributed by atoms with Gasteiger partial charge in [-0.2, -0.15) is 0 Å². The summed E-state index contributed by atoms with van der Waals surface area (Å²) in [6.07, 6.45) is 0.546. The first kappa shape index (κ1) is 16.6. The standard InChI is InChI=1S/C18H16ClFN2O2/c19-13-5-7-14(8-6-13)22-17(23)11-16(18(22)24)21-10-9-12-3-1-2-4-15(12)20/h1-8,16,21H,9-11H2/t16-/m0/s1. The predicted molar refractivity (Wildman–Crippen MR) is 90.5 cm³/mol. The molecule has 0 radical (unpaired) electrons. The zero-order chi connectivity index (χ0) is 17.1. The van der Waals surface area contributed by atoms with E-state index >= 15 is 0 Å². The van der Waals surface area contributed by atoms with Gasteiger partial charge in [0.1, 0.15) is 5.82 Å². The van der Waals surface area contributed by atoms with Gasteiger partial charge in [0.05, 0.1) is 18.2 Å². The zero-order valence-electron chi connectivity index (χ0n) is 12.8. The third kappa shape index (κ3) is 3.47. The van der Waals surface area contributed by atoms with Crippen molar-refractivity contribution in [3.63, 3.8) is 0 Å². The number of nitrogens with zero attached hydrogens (tertiary/aromatic N) is 1. The number of nitrogens with one attached hydrogen (secondary N) is 1. The minimum absolute atomic E-state index is 0.0960. The summed E-state index contributed by atoms with van der Waals surface area (Å²) in [5, 5.41) is 3.58. The summed E-state index contributed by atoms with van der Waals surface area (Å²) in [4.78, 5) is 25.7. The minimum Gasteiger partial charge on any atom is -0.305 e. The van der Waals surface area contributed by atoms with Crippen molar-refractivity contribution in [1.29, 1.82) is 0 Å². The molecule has 6 heteroatoms. The fourth-order valence-electron chi connectivity index (χ4n) is 2.74. The molecule has 24 heavy (non-hydrogen) atoms. The van der Waals surface area contributed by atoms with Gasteiger partial charge in [0, 0.05) is 11.6 Å². The fraction of sp³-hybridized carbons (Fsp3) is 0.222. The molecule has 1 saturated heterocycles. The highest BCUT2D eigenvalue weighted by Gasteiger charge is 2.39. The molecule has 0 unspecified atom stereocenters. The van der Waals surface area contributed by atoms with Crippen LogP contribution in [0, 0.1) is 5.82 Å². The molecule has 2 amide bonds. The van der Waals surface area contributed by atoms with Crippen LogP contribution in [0.3, 0.4) is 0 Å². The highest BCUT2D eigenvalue weighted by Crippen LogP contribution is 2.24. The van der Waals surface area contributed by atoms with E-state index in [1.54, 1.807) is 42.5 Å². The van der Waals surface area contributed by atoms with Crippen molar-refractivity contribution in [2.24, 2.45) is 0 Å². The Morgan fingerprint density at radius 3 is 2.54 bits per heavy atom. The number of hydrogen-bond acceptors (Lipinski definition) is 3. The summed E-state index contributed by atoms with van der Waals surface area (Å²) < 4.78 is 13.6. The summed E-state index contributed by atoms with van der Waals surface area (Å²) in [5.74, 6) is -0.822. The Morgan fingerprint density at radius 1 is 1.12 bits per heavy atom. The quantitative estimate of drug-likeness (QED) is 0.847. The summed E-state index contributed by atoms with van der Waals surface area (Å²) in [5.41, 5.74) is 1.09. The van der Waals surface area contributed by atoms with Crippen molar-refractivity contribution in [1.82, 2.24) is 5.32 Å². The molecule has 1 heterocycles. The molecular formula is C18H16ClFN2O2. The molecule has 124 valence electrons. The van der Waals surface area contributed by atoms with Gasteiger partial charge in [-0.1, -0.05) is 29.8 Å². The topological polar surface area (TPSA) is 49.4 Å². The Bertz CT molecular complexity index is 764. The Kier molecular flexibility index (Phi) is 4.92. The summed E-state index contributed by atoms with van der Waals surface area (Å²) in [6.45, 7) is 0.416. The molecule has 0 bridgehead atoms. The lowest BCUT2D eigenvalue weighted by Gasteiger charge is -2.15. The van der Waals surface area contributed by atoms with Crippen LogP contribution in [0.1, 0.15) is 12.0 Å². The molecular weight excluding hydrogens is 331 g/mol. The van der Waals surface area contributed by atoms with E-state index < -0.39 is 6.04 Å². The monoisotopic (exact) mass is 346 g/mol. The maximum Gasteiger partial charge on any atom is 0.251 e. The van der Waals surface area contributed by atoms with Gasteiger partial charge in [-0.3, -0.25) is 9.59 Å². The number of imide groups is 1. The van der Waals surface area contributed by atoms with Crippen LogP contribution in [0.5, 0.6) is 0 Å². The molecule has 1 N–H and O–H groups in total. The van der Waals surface area contributed by atoms with E-state index in [0.717, 1.165) is 4.90 Å². The van der Waals surface area contributed by atoms with Gasteiger partial charge >= 0.3 is 0 Å². The second kappa shape index (κ2) is 7.11. The fourth-order valence-corrected chi connectivity index (χ4v) is 2.86. The molecule has 0 saturated carbocycles. The van der Waals surface area contributed by atoms with E-state index in [0.29, 0.717) is 29.2 Å². The second-order valence-electron chi connectivity index (χ2n) is 5.60. The molecule has 1 aliphatic heterocycles. The van der Waals surface area contributed by atoms with Crippen molar-refractivity contribution in [3.05, 3.63) is 64.9 Å². The average molecular weight is 347 g/mol. The van der Waals surface area contributed by atoms with Gasteiger partial charge in [-0.15, -0.1) is 0 Å². The van der Waals surface area contributed by atoms with Crippen LogP contribution in [0.4, 0.5) is 10.1 Å². The average Bonchev–Trinajstić information content (AvgIpc) is 2.84. The number of benzene rings is 2. The Labute approximate surface area is 144 Å². The van der Waals surface area contributed by atoms with Gasteiger partial charge in [0.25, 0.3) is 5.91 Å². The van der Waals surface area contributed by atoms with Crippen molar-refractivity contribution in [2.75, 3.05) is 11.4 Å². The van der Waals surface area contributed by atoms with E-state index in [-0.39, 0.29) is 24.1 Å². The normalized spacial score (nSPS) is 17.6. The molecule has 3 rings (SSSR count). The lowest BCUT2D eigenvalue weighted by Crippen LogP contribution is -2.39. The minimum atomic E-state index is -0.583. The number of hydrogen-bond donors (Lipinski definition) is 1. The van der Waals surface area contributed by atoms with Crippen molar-refractivity contribution >= 4 is 29.1 Å². The third-order valence-electron chi connectivity index (χ3n) is 3.97. The van der Waals surface area contributed by atoms with E-state index in [2.05, 4.69) is 5.32 Å². The Balaban J connectivity index is 1.62. The first-order valence-corrected chi connectivity index (χ1v) is 8.03. The van der Waals surface area contributed by atoms with Crippen LogP contribution in [0.2, 0.25) is 5.02 Å². The highest BCUT2D eigenvalue weighted by atomic mass is 35.5. The highest BCUT2D eigenvalue weighted by molar-refractivity contribution is 6.30. The molecule has 0 spiro atoms. The molecule has 1 fully saturated rings. The van der Waals surface area contributed by atoms with Gasteiger partial charge in [0.15, 0.2) is 0 Å². The van der Waals surface area contributed by atoms with Crippen LogP contribution in [0.25, 0.3) is 0 Å². The van der Waals surface area contributed by atoms with Gasteiger partial charge in [-0.25, -0.2) is 9.29 Å². The van der Waals surface area contributed by atoms with Crippen LogP contribution in [-0.2, 0) is 16.0 Å². The molecule has 2 aromatic rings. The zero-order valence-corrected chi connectivity index (χ0v) is 13.6. The van der Waals surface area contributed by atoms with Gasteiger partial charge in [-0.05, 0) is 42.3 Å². The number of rotatable bonds is 5. The molecule has 0 aromatic heterocycles. The Hall–Kier alpha value is -2.24. The number of halogens is 2.